The summed E-state index contributed by atoms with van der Waals surface area (Å²) < 4.78 is 6.48. The lowest BCUT2D eigenvalue weighted by atomic mass is 9.81. The number of rotatable bonds is 3. The van der Waals surface area contributed by atoms with Crippen LogP contribution in [0.25, 0.3) is 44.3 Å². The normalized spacial score (nSPS) is 14.3. The molecule has 32 heavy (non-hydrogen) atoms. The Morgan fingerprint density at radius 1 is 0.906 bits per heavy atom. The van der Waals surface area contributed by atoms with Crippen LogP contribution in [0.2, 0.25) is 0 Å². The van der Waals surface area contributed by atoms with E-state index in [9.17, 15) is 0 Å². The number of hydrogen-bond acceptors (Lipinski definition) is 2. The van der Waals surface area contributed by atoms with Crippen LogP contribution in [0.5, 0.6) is 0 Å². The van der Waals surface area contributed by atoms with E-state index in [1.165, 1.54) is 38.4 Å². The Labute approximate surface area is 188 Å². The van der Waals surface area contributed by atoms with Gasteiger partial charge in [0.05, 0.1) is 5.69 Å². The first-order valence-electron chi connectivity index (χ1n) is 11.5. The summed E-state index contributed by atoms with van der Waals surface area (Å²) in [6.07, 6.45) is 3.03. The lowest BCUT2D eigenvalue weighted by molar-refractivity contribution is 0.619. The Kier molecular flexibility index (Phi) is 4.10. The van der Waals surface area contributed by atoms with E-state index in [-0.39, 0.29) is 5.41 Å². The molecule has 2 nitrogen and oxygen atoms in total. The first-order valence-corrected chi connectivity index (χ1v) is 11.5. The molecule has 0 spiro atoms. The van der Waals surface area contributed by atoms with Crippen LogP contribution in [-0.4, -0.2) is 4.98 Å². The van der Waals surface area contributed by atoms with Gasteiger partial charge in [-0.15, -0.1) is 0 Å². The maximum absolute atomic E-state index is 6.48. The highest BCUT2D eigenvalue weighted by Crippen LogP contribution is 2.55. The predicted octanol–water partition coefficient (Wildman–Crippen LogP) is 8.15. The minimum absolute atomic E-state index is 0.123. The minimum atomic E-state index is -0.123. The van der Waals surface area contributed by atoms with Gasteiger partial charge >= 0.3 is 0 Å². The second kappa shape index (κ2) is 6.80. The van der Waals surface area contributed by atoms with Crippen molar-refractivity contribution in [3.63, 3.8) is 0 Å². The van der Waals surface area contributed by atoms with Crippen molar-refractivity contribution in [2.45, 2.75) is 39.5 Å². The second-order valence-electron chi connectivity index (χ2n) is 9.97. The summed E-state index contributed by atoms with van der Waals surface area (Å²) in [5.41, 5.74) is 8.17. The molecule has 5 aromatic rings. The monoisotopic (exact) mass is 417 g/mol. The van der Waals surface area contributed by atoms with Crippen molar-refractivity contribution in [3.05, 3.63) is 89.6 Å². The van der Waals surface area contributed by atoms with Crippen molar-refractivity contribution >= 4 is 21.7 Å². The number of para-hydroxylation sites is 1. The number of pyridine rings is 1. The molecule has 0 fully saturated rings. The Hall–Kier alpha value is -3.39. The predicted molar refractivity (Wildman–Crippen MR) is 133 cm³/mol. The van der Waals surface area contributed by atoms with Crippen molar-refractivity contribution in [2.75, 3.05) is 0 Å². The summed E-state index contributed by atoms with van der Waals surface area (Å²) in [4.78, 5) is 4.88. The Morgan fingerprint density at radius 2 is 1.75 bits per heavy atom. The van der Waals surface area contributed by atoms with Crippen molar-refractivity contribution in [1.29, 1.82) is 0 Å². The number of hydrogen-bond donors (Lipinski definition) is 0. The van der Waals surface area contributed by atoms with Gasteiger partial charge in [0.15, 0.2) is 0 Å². The maximum atomic E-state index is 6.48. The third kappa shape index (κ3) is 2.69. The van der Waals surface area contributed by atoms with Crippen molar-refractivity contribution < 1.29 is 4.42 Å². The fourth-order valence-electron chi connectivity index (χ4n) is 5.53. The van der Waals surface area contributed by atoms with E-state index < -0.39 is 0 Å². The van der Waals surface area contributed by atoms with E-state index in [0.717, 1.165) is 29.0 Å². The number of fused-ring (bicyclic) bond motifs is 6. The first kappa shape index (κ1) is 19.3. The van der Waals surface area contributed by atoms with E-state index in [0.29, 0.717) is 5.92 Å². The summed E-state index contributed by atoms with van der Waals surface area (Å²) in [5.74, 6) is 1.64. The number of benzene rings is 3. The summed E-state index contributed by atoms with van der Waals surface area (Å²) in [5, 5.41) is 3.64. The van der Waals surface area contributed by atoms with Crippen LogP contribution in [0.15, 0.2) is 77.3 Å². The molecule has 3 aromatic carbocycles. The lowest BCUT2D eigenvalue weighted by Crippen LogP contribution is -2.14. The minimum Gasteiger partial charge on any atom is -0.456 e. The summed E-state index contributed by atoms with van der Waals surface area (Å²) in [7, 11) is 0. The Balaban J connectivity index is 1.62. The van der Waals surface area contributed by atoms with Crippen molar-refractivity contribution in [2.24, 2.45) is 5.92 Å². The summed E-state index contributed by atoms with van der Waals surface area (Å²) >= 11 is 0. The van der Waals surface area contributed by atoms with Gasteiger partial charge in [-0.3, -0.25) is 4.98 Å². The molecule has 6 rings (SSSR count). The van der Waals surface area contributed by atoms with Gasteiger partial charge in [-0.05, 0) is 41.0 Å². The SMILES string of the molecule is CC(C)Cc1ccc2c(-c3cccc4c3-c3oc5ccccc5c3C4(C)C)nccc2c1. The van der Waals surface area contributed by atoms with E-state index >= 15 is 0 Å². The van der Waals surface area contributed by atoms with Crippen LogP contribution in [0.4, 0.5) is 0 Å². The molecule has 0 radical (unpaired) electrons. The first-order chi connectivity index (χ1) is 15.4. The summed E-state index contributed by atoms with van der Waals surface area (Å²) in [6.45, 7) is 9.14. The fraction of sp³-hybridized carbons (Fsp3) is 0.233. The molecule has 0 N–H and O–H groups in total. The molecule has 0 atom stereocenters. The van der Waals surface area contributed by atoms with Gasteiger partial charge in [-0.2, -0.15) is 0 Å². The standard InChI is InChI=1S/C30H27NO/c1-18(2)16-19-12-13-21-20(17-19)14-15-31-28(21)23-9-7-10-24-26(23)29-27(30(24,3)4)22-8-5-6-11-25(22)32-29/h5-15,17-18H,16H2,1-4H3. The zero-order valence-corrected chi connectivity index (χ0v) is 19.1. The maximum Gasteiger partial charge on any atom is 0.140 e. The molecule has 0 unspecified atom stereocenters. The molecule has 0 bridgehead atoms. The molecule has 2 aromatic heterocycles. The number of aromatic nitrogens is 1. The van der Waals surface area contributed by atoms with Gasteiger partial charge in [0, 0.05) is 39.1 Å². The molecular weight excluding hydrogens is 390 g/mol. The van der Waals surface area contributed by atoms with Crippen LogP contribution in [0.1, 0.15) is 44.4 Å². The van der Waals surface area contributed by atoms with Crippen molar-refractivity contribution in [3.8, 4) is 22.6 Å². The van der Waals surface area contributed by atoms with Crippen LogP contribution in [0, 0.1) is 5.92 Å². The quantitative estimate of drug-likeness (QED) is 0.296. The molecule has 1 aliphatic rings. The summed E-state index contributed by atoms with van der Waals surface area (Å²) in [6, 6.07) is 23.9. The number of nitrogens with zero attached hydrogens (tertiary/aromatic N) is 1. The van der Waals surface area contributed by atoms with E-state index in [1.54, 1.807) is 0 Å². The molecule has 2 heterocycles. The largest absolute Gasteiger partial charge is 0.456 e. The van der Waals surface area contributed by atoms with Gasteiger partial charge in [0.2, 0.25) is 0 Å². The van der Waals surface area contributed by atoms with Gasteiger partial charge in [-0.25, -0.2) is 0 Å². The van der Waals surface area contributed by atoms with Gasteiger partial charge in [0.25, 0.3) is 0 Å². The average molecular weight is 418 g/mol. The highest BCUT2D eigenvalue weighted by atomic mass is 16.3. The molecule has 0 amide bonds. The lowest BCUT2D eigenvalue weighted by Gasteiger charge is -2.21. The molecule has 1 aliphatic carbocycles. The zero-order chi connectivity index (χ0) is 22.0. The molecule has 0 saturated heterocycles. The molecule has 0 saturated carbocycles. The van der Waals surface area contributed by atoms with E-state index in [4.69, 9.17) is 9.40 Å². The third-order valence-corrected chi connectivity index (χ3v) is 6.91. The Morgan fingerprint density at radius 3 is 2.59 bits per heavy atom. The average Bonchev–Trinajstić information content (AvgIpc) is 3.27. The van der Waals surface area contributed by atoms with Gasteiger partial charge < -0.3 is 4.42 Å². The number of furan rings is 1. The van der Waals surface area contributed by atoms with Gasteiger partial charge in [-0.1, -0.05) is 82.3 Å². The van der Waals surface area contributed by atoms with Crippen molar-refractivity contribution in [1.82, 2.24) is 4.98 Å². The molecule has 158 valence electrons. The van der Waals surface area contributed by atoms with E-state index in [1.807, 2.05) is 12.3 Å². The zero-order valence-electron chi connectivity index (χ0n) is 19.1. The third-order valence-electron chi connectivity index (χ3n) is 6.91. The second-order valence-corrected chi connectivity index (χ2v) is 9.97. The molecule has 2 heteroatoms. The molecular formula is C30H27NO. The fourth-order valence-corrected chi connectivity index (χ4v) is 5.53. The van der Waals surface area contributed by atoms with Crippen LogP contribution in [0.3, 0.4) is 0 Å². The highest BCUT2D eigenvalue weighted by Gasteiger charge is 2.41. The van der Waals surface area contributed by atoms with Gasteiger partial charge in [0.1, 0.15) is 11.3 Å². The Bertz CT molecular complexity index is 1500. The van der Waals surface area contributed by atoms with Crippen LogP contribution >= 0.6 is 0 Å². The smallest absolute Gasteiger partial charge is 0.140 e. The topological polar surface area (TPSA) is 26.0 Å². The molecule has 0 aliphatic heterocycles. The highest BCUT2D eigenvalue weighted by molar-refractivity contribution is 6.03. The van der Waals surface area contributed by atoms with Crippen LogP contribution < -0.4 is 0 Å². The van der Waals surface area contributed by atoms with Crippen LogP contribution in [-0.2, 0) is 11.8 Å². The van der Waals surface area contributed by atoms with E-state index in [2.05, 4.69) is 88.4 Å².